The molecule has 118 valence electrons. The molecule has 5 heteroatoms. The van der Waals surface area contributed by atoms with E-state index in [4.69, 9.17) is 4.74 Å². The Kier molecular flexibility index (Phi) is 5.65. The van der Waals surface area contributed by atoms with Crippen molar-refractivity contribution < 1.29 is 13.2 Å². The number of hydrogen-bond acceptors (Lipinski definition) is 4. The largest absolute Gasteiger partial charge is 0.497 e. The van der Waals surface area contributed by atoms with Gasteiger partial charge in [0.15, 0.2) is 9.84 Å². The van der Waals surface area contributed by atoms with Crippen molar-refractivity contribution in [2.24, 2.45) is 5.92 Å². The van der Waals surface area contributed by atoms with Gasteiger partial charge in [-0.1, -0.05) is 19.1 Å². The fraction of sp³-hybridized carbons (Fsp3) is 0.625. The molecule has 0 bridgehead atoms. The molecule has 2 rings (SSSR count). The molecular weight excluding hydrogens is 286 g/mol. The monoisotopic (exact) mass is 311 g/mol. The molecule has 1 fully saturated rings. The van der Waals surface area contributed by atoms with Crippen molar-refractivity contribution in [3.05, 3.63) is 29.8 Å². The molecule has 1 saturated heterocycles. The molecule has 0 aromatic heterocycles. The molecule has 1 aromatic carbocycles. The molecule has 1 heterocycles. The van der Waals surface area contributed by atoms with Crippen LogP contribution in [0.25, 0.3) is 0 Å². The SMILES string of the molecule is CCCNC(Cc1cccc(OC)c1)C1CCS(=O)(=O)C1. The Morgan fingerprint density at radius 1 is 1.43 bits per heavy atom. The maximum atomic E-state index is 11.7. The summed E-state index contributed by atoms with van der Waals surface area (Å²) >= 11 is 0. The Morgan fingerprint density at radius 3 is 2.86 bits per heavy atom. The third-order valence-electron chi connectivity index (χ3n) is 4.08. The predicted octanol–water partition coefficient (Wildman–Crippen LogP) is 2.04. The second kappa shape index (κ2) is 7.27. The highest BCUT2D eigenvalue weighted by Crippen LogP contribution is 2.25. The van der Waals surface area contributed by atoms with E-state index in [9.17, 15) is 8.42 Å². The minimum atomic E-state index is -2.84. The number of rotatable bonds is 7. The van der Waals surface area contributed by atoms with E-state index in [1.54, 1.807) is 7.11 Å². The number of hydrogen-bond donors (Lipinski definition) is 1. The molecule has 2 unspecified atom stereocenters. The lowest BCUT2D eigenvalue weighted by Crippen LogP contribution is -2.39. The van der Waals surface area contributed by atoms with Crippen LogP contribution < -0.4 is 10.1 Å². The summed E-state index contributed by atoms with van der Waals surface area (Å²) in [6, 6.07) is 8.24. The van der Waals surface area contributed by atoms with Gasteiger partial charge in [0, 0.05) is 6.04 Å². The molecule has 4 nitrogen and oxygen atoms in total. The number of methoxy groups -OCH3 is 1. The van der Waals surface area contributed by atoms with E-state index in [-0.39, 0.29) is 12.0 Å². The predicted molar refractivity (Wildman–Crippen MR) is 85.5 cm³/mol. The molecule has 0 saturated carbocycles. The lowest BCUT2D eigenvalue weighted by atomic mass is 9.93. The highest BCUT2D eigenvalue weighted by Gasteiger charge is 2.33. The zero-order valence-electron chi connectivity index (χ0n) is 12.8. The van der Waals surface area contributed by atoms with Gasteiger partial charge in [0.25, 0.3) is 0 Å². The van der Waals surface area contributed by atoms with E-state index >= 15 is 0 Å². The molecule has 1 aliphatic heterocycles. The fourth-order valence-electron chi connectivity index (χ4n) is 2.93. The lowest BCUT2D eigenvalue weighted by Gasteiger charge is -2.24. The third-order valence-corrected chi connectivity index (χ3v) is 5.88. The highest BCUT2D eigenvalue weighted by atomic mass is 32.2. The van der Waals surface area contributed by atoms with Gasteiger partial charge in [0.2, 0.25) is 0 Å². The zero-order chi connectivity index (χ0) is 15.3. The Labute approximate surface area is 127 Å². The molecule has 0 radical (unpaired) electrons. The van der Waals surface area contributed by atoms with E-state index < -0.39 is 9.84 Å². The lowest BCUT2D eigenvalue weighted by molar-refractivity contribution is 0.377. The van der Waals surface area contributed by atoms with Crippen LogP contribution >= 0.6 is 0 Å². The Balaban J connectivity index is 2.08. The van der Waals surface area contributed by atoms with Crippen LogP contribution in [0.15, 0.2) is 24.3 Å². The van der Waals surface area contributed by atoms with Gasteiger partial charge >= 0.3 is 0 Å². The van der Waals surface area contributed by atoms with Crippen LogP contribution in [0.3, 0.4) is 0 Å². The maximum absolute atomic E-state index is 11.7. The maximum Gasteiger partial charge on any atom is 0.150 e. The second-order valence-electron chi connectivity index (χ2n) is 5.78. The van der Waals surface area contributed by atoms with Gasteiger partial charge < -0.3 is 10.1 Å². The smallest absolute Gasteiger partial charge is 0.150 e. The second-order valence-corrected chi connectivity index (χ2v) is 8.01. The molecule has 0 aliphatic carbocycles. The first-order valence-corrected chi connectivity index (χ1v) is 9.43. The van der Waals surface area contributed by atoms with Crippen LogP contribution in [-0.4, -0.2) is 39.6 Å². The molecule has 1 N–H and O–H groups in total. The number of sulfone groups is 1. The van der Waals surface area contributed by atoms with Crippen LogP contribution in [0, 0.1) is 5.92 Å². The minimum Gasteiger partial charge on any atom is -0.497 e. The van der Waals surface area contributed by atoms with Crippen molar-refractivity contribution in [2.45, 2.75) is 32.2 Å². The van der Waals surface area contributed by atoms with Gasteiger partial charge in [0.1, 0.15) is 5.75 Å². The normalized spacial score (nSPS) is 22.1. The van der Waals surface area contributed by atoms with E-state index in [1.165, 1.54) is 5.56 Å². The number of nitrogens with one attached hydrogen (secondary N) is 1. The van der Waals surface area contributed by atoms with Crippen LogP contribution in [0.5, 0.6) is 5.75 Å². The van der Waals surface area contributed by atoms with Gasteiger partial charge in [-0.05, 0) is 49.4 Å². The van der Waals surface area contributed by atoms with E-state index in [0.29, 0.717) is 11.5 Å². The topological polar surface area (TPSA) is 55.4 Å². The minimum absolute atomic E-state index is 0.216. The quantitative estimate of drug-likeness (QED) is 0.837. The summed E-state index contributed by atoms with van der Waals surface area (Å²) in [5.74, 6) is 1.71. The highest BCUT2D eigenvalue weighted by molar-refractivity contribution is 7.91. The summed E-state index contributed by atoms with van der Waals surface area (Å²) in [7, 11) is -1.17. The number of benzene rings is 1. The molecular formula is C16H25NO3S. The summed E-state index contributed by atoms with van der Waals surface area (Å²) in [5, 5.41) is 3.53. The van der Waals surface area contributed by atoms with Crippen molar-refractivity contribution >= 4 is 9.84 Å². The summed E-state index contributed by atoms with van der Waals surface area (Å²) in [6.45, 7) is 3.05. The van der Waals surface area contributed by atoms with Crippen molar-refractivity contribution in [3.8, 4) is 5.75 Å². The first kappa shape index (κ1) is 16.3. The zero-order valence-corrected chi connectivity index (χ0v) is 13.7. The summed E-state index contributed by atoms with van der Waals surface area (Å²) in [6.07, 6.45) is 2.67. The van der Waals surface area contributed by atoms with Gasteiger partial charge in [-0.15, -0.1) is 0 Å². The molecule has 1 aliphatic rings. The van der Waals surface area contributed by atoms with Crippen molar-refractivity contribution in [1.82, 2.24) is 5.32 Å². The van der Waals surface area contributed by atoms with E-state index in [2.05, 4.69) is 18.3 Å². The molecule has 2 atom stereocenters. The van der Waals surface area contributed by atoms with Gasteiger partial charge in [-0.2, -0.15) is 0 Å². The van der Waals surface area contributed by atoms with Gasteiger partial charge in [0.05, 0.1) is 18.6 Å². The Bertz CT molecular complexity index is 556. The average molecular weight is 311 g/mol. The molecule has 21 heavy (non-hydrogen) atoms. The van der Waals surface area contributed by atoms with Crippen molar-refractivity contribution in [3.63, 3.8) is 0 Å². The Hall–Kier alpha value is -1.07. The van der Waals surface area contributed by atoms with Crippen LogP contribution in [0.1, 0.15) is 25.3 Å². The summed E-state index contributed by atoms with van der Waals surface area (Å²) in [5.41, 5.74) is 1.19. The summed E-state index contributed by atoms with van der Waals surface area (Å²) < 4.78 is 28.7. The average Bonchev–Trinajstić information content (AvgIpc) is 2.83. The van der Waals surface area contributed by atoms with Crippen LogP contribution in [-0.2, 0) is 16.3 Å². The van der Waals surface area contributed by atoms with Crippen molar-refractivity contribution in [2.75, 3.05) is 25.2 Å². The molecule has 0 spiro atoms. The first-order chi connectivity index (χ1) is 10.0. The van der Waals surface area contributed by atoms with E-state index in [0.717, 1.165) is 31.6 Å². The first-order valence-electron chi connectivity index (χ1n) is 7.61. The van der Waals surface area contributed by atoms with E-state index in [1.807, 2.05) is 18.2 Å². The van der Waals surface area contributed by atoms with Gasteiger partial charge in [-0.25, -0.2) is 8.42 Å². The Morgan fingerprint density at radius 2 is 2.24 bits per heavy atom. The van der Waals surface area contributed by atoms with Crippen molar-refractivity contribution in [1.29, 1.82) is 0 Å². The molecule has 0 amide bonds. The fourth-order valence-corrected chi connectivity index (χ4v) is 4.81. The van der Waals surface area contributed by atoms with Crippen LogP contribution in [0.2, 0.25) is 0 Å². The summed E-state index contributed by atoms with van der Waals surface area (Å²) in [4.78, 5) is 0. The van der Waals surface area contributed by atoms with Crippen LogP contribution in [0.4, 0.5) is 0 Å². The molecule has 1 aromatic rings. The third kappa shape index (κ3) is 4.71. The standard InChI is InChI=1S/C16H25NO3S/c1-3-8-17-16(14-7-9-21(18,19)12-14)11-13-5-4-6-15(10-13)20-2/h4-6,10,14,16-17H,3,7-9,11-12H2,1-2H3. The number of ether oxygens (including phenoxy) is 1. The van der Waals surface area contributed by atoms with Gasteiger partial charge in [-0.3, -0.25) is 0 Å².